The molecule has 6 nitrogen and oxygen atoms in total. The number of carbonyl (C=O) groups excluding carboxylic acids is 1. The van der Waals surface area contributed by atoms with Gasteiger partial charge in [-0.3, -0.25) is 9.00 Å². The van der Waals surface area contributed by atoms with E-state index in [9.17, 15) is 13.8 Å². The first kappa shape index (κ1) is 15.5. The first-order valence-corrected chi connectivity index (χ1v) is 8.36. The molecular weight excluding hydrogens is 292 g/mol. The number of anilines is 1. The molecule has 0 radical (unpaired) electrons. The molecule has 21 heavy (non-hydrogen) atoms. The van der Waals surface area contributed by atoms with Crippen LogP contribution in [0.15, 0.2) is 24.3 Å². The van der Waals surface area contributed by atoms with Crippen LogP contribution in [-0.4, -0.2) is 33.6 Å². The van der Waals surface area contributed by atoms with Crippen molar-refractivity contribution < 1.29 is 18.9 Å². The predicted molar refractivity (Wildman–Crippen MR) is 80.5 cm³/mol. The van der Waals surface area contributed by atoms with E-state index in [0.717, 1.165) is 5.56 Å². The number of hydrogen-bond donors (Lipinski definition) is 3. The number of benzene rings is 1. The minimum Gasteiger partial charge on any atom is -0.481 e. The maximum absolute atomic E-state index is 11.9. The standard InChI is InChI=1S/C14H18N2O4S/c1-21(20)8-9-4-2-3-5-12(9)16-14(19)15-11-6-10(7-11)13(17)18/h2-5,10-11H,6-8H2,1H3,(H,17,18)(H2,15,16,19). The van der Waals surface area contributed by atoms with E-state index in [0.29, 0.717) is 24.3 Å². The number of hydrogen-bond acceptors (Lipinski definition) is 3. The highest BCUT2D eigenvalue weighted by Gasteiger charge is 2.35. The summed E-state index contributed by atoms with van der Waals surface area (Å²) in [6.07, 6.45) is 2.53. The monoisotopic (exact) mass is 310 g/mol. The van der Waals surface area contributed by atoms with Gasteiger partial charge in [-0.05, 0) is 24.5 Å². The second-order valence-electron chi connectivity index (χ2n) is 5.18. The number of carboxylic acids is 1. The van der Waals surface area contributed by atoms with Crippen LogP contribution in [0.3, 0.4) is 0 Å². The van der Waals surface area contributed by atoms with Crippen LogP contribution in [0.5, 0.6) is 0 Å². The lowest BCUT2D eigenvalue weighted by molar-refractivity contribution is -0.145. The molecule has 1 saturated carbocycles. The van der Waals surface area contributed by atoms with Gasteiger partial charge in [0.2, 0.25) is 0 Å². The van der Waals surface area contributed by atoms with E-state index < -0.39 is 16.8 Å². The Bertz CT molecular complexity index is 570. The maximum Gasteiger partial charge on any atom is 0.319 e. The average molecular weight is 310 g/mol. The van der Waals surface area contributed by atoms with Gasteiger partial charge >= 0.3 is 12.0 Å². The van der Waals surface area contributed by atoms with E-state index in [1.165, 1.54) is 0 Å². The molecule has 1 aliphatic rings. The summed E-state index contributed by atoms with van der Waals surface area (Å²) in [5.41, 5.74) is 1.44. The van der Waals surface area contributed by atoms with Crippen molar-refractivity contribution in [1.82, 2.24) is 5.32 Å². The first-order valence-electron chi connectivity index (χ1n) is 6.64. The van der Waals surface area contributed by atoms with Crippen LogP contribution in [0.25, 0.3) is 0 Å². The first-order chi connectivity index (χ1) is 9.95. The number of nitrogens with one attached hydrogen (secondary N) is 2. The molecule has 1 unspecified atom stereocenters. The fourth-order valence-electron chi connectivity index (χ4n) is 2.27. The summed E-state index contributed by atoms with van der Waals surface area (Å²) in [6, 6.07) is 6.73. The Kier molecular flexibility index (Phi) is 4.95. The van der Waals surface area contributed by atoms with Gasteiger partial charge in [0.05, 0.1) is 11.7 Å². The summed E-state index contributed by atoms with van der Waals surface area (Å²) < 4.78 is 11.3. The molecular formula is C14H18N2O4S. The second-order valence-corrected chi connectivity index (χ2v) is 6.61. The van der Waals surface area contributed by atoms with Crippen LogP contribution in [0.2, 0.25) is 0 Å². The van der Waals surface area contributed by atoms with Crippen molar-refractivity contribution in [3.63, 3.8) is 0 Å². The normalized spacial score (nSPS) is 22.0. The lowest BCUT2D eigenvalue weighted by atomic mass is 9.80. The molecule has 0 heterocycles. The topological polar surface area (TPSA) is 95.5 Å². The molecule has 1 aromatic carbocycles. The Balaban J connectivity index is 1.89. The van der Waals surface area contributed by atoms with E-state index in [-0.39, 0.29) is 18.0 Å². The van der Waals surface area contributed by atoms with Gasteiger partial charge in [-0.1, -0.05) is 18.2 Å². The van der Waals surface area contributed by atoms with Crippen molar-refractivity contribution in [3.8, 4) is 0 Å². The average Bonchev–Trinajstić information content (AvgIpc) is 2.34. The van der Waals surface area contributed by atoms with Gasteiger partial charge in [0.1, 0.15) is 0 Å². The Hall–Kier alpha value is -1.89. The van der Waals surface area contributed by atoms with Gasteiger partial charge in [-0.15, -0.1) is 0 Å². The highest BCUT2D eigenvalue weighted by Crippen LogP contribution is 2.27. The van der Waals surface area contributed by atoms with Crippen molar-refractivity contribution in [3.05, 3.63) is 29.8 Å². The van der Waals surface area contributed by atoms with Crippen LogP contribution in [0, 0.1) is 5.92 Å². The zero-order valence-corrected chi connectivity index (χ0v) is 12.5. The Morgan fingerprint density at radius 1 is 1.33 bits per heavy atom. The van der Waals surface area contributed by atoms with E-state index >= 15 is 0 Å². The number of urea groups is 1. The number of rotatable bonds is 5. The number of carboxylic acid groups (broad SMARTS) is 1. The molecule has 0 saturated heterocycles. The van der Waals surface area contributed by atoms with Crippen LogP contribution in [0.4, 0.5) is 10.5 Å². The van der Waals surface area contributed by atoms with Gasteiger partial charge < -0.3 is 15.7 Å². The van der Waals surface area contributed by atoms with Gasteiger partial charge in [0.25, 0.3) is 0 Å². The van der Waals surface area contributed by atoms with Gasteiger partial charge in [0, 0.05) is 28.8 Å². The zero-order chi connectivity index (χ0) is 15.4. The summed E-state index contributed by atoms with van der Waals surface area (Å²) in [6.45, 7) is 0. The van der Waals surface area contributed by atoms with Gasteiger partial charge in [0.15, 0.2) is 0 Å². The number of aliphatic carboxylic acids is 1. The summed E-state index contributed by atoms with van der Waals surface area (Å²) in [4.78, 5) is 22.6. The Morgan fingerprint density at radius 3 is 2.62 bits per heavy atom. The van der Waals surface area contributed by atoms with Crippen molar-refractivity contribution in [2.45, 2.75) is 24.6 Å². The van der Waals surface area contributed by atoms with Crippen molar-refractivity contribution in [2.75, 3.05) is 11.6 Å². The van der Waals surface area contributed by atoms with Crippen LogP contribution in [0.1, 0.15) is 18.4 Å². The predicted octanol–water partition coefficient (Wildman–Crippen LogP) is 1.55. The highest BCUT2D eigenvalue weighted by atomic mass is 32.2. The van der Waals surface area contributed by atoms with E-state index in [2.05, 4.69) is 10.6 Å². The summed E-state index contributed by atoms with van der Waals surface area (Å²) >= 11 is 0. The van der Waals surface area contributed by atoms with Crippen LogP contribution >= 0.6 is 0 Å². The van der Waals surface area contributed by atoms with Crippen LogP contribution < -0.4 is 10.6 Å². The quantitative estimate of drug-likeness (QED) is 0.769. The Morgan fingerprint density at radius 2 is 2.00 bits per heavy atom. The van der Waals surface area contributed by atoms with Crippen molar-refractivity contribution in [1.29, 1.82) is 0 Å². The Labute approximate surface area is 125 Å². The molecule has 2 amide bonds. The highest BCUT2D eigenvalue weighted by molar-refractivity contribution is 7.83. The lowest BCUT2D eigenvalue weighted by Gasteiger charge is -2.32. The van der Waals surface area contributed by atoms with Crippen molar-refractivity contribution in [2.24, 2.45) is 5.92 Å². The molecule has 2 rings (SSSR count). The van der Waals surface area contributed by atoms with Crippen LogP contribution in [-0.2, 0) is 21.3 Å². The molecule has 0 aliphatic heterocycles. The summed E-state index contributed by atoms with van der Waals surface area (Å²) in [5, 5.41) is 14.3. The molecule has 0 aromatic heterocycles. The third kappa shape index (κ3) is 4.29. The number of amides is 2. The van der Waals surface area contributed by atoms with E-state index in [1.54, 1.807) is 18.4 Å². The van der Waals surface area contributed by atoms with Gasteiger partial charge in [-0.2, -0.15) is 0 Å². The lowest BCUT2D eigenvalue weighted by Crippen LogP contribution is -2.48. The molecule has 3 N–H and O–H groups in total. The molecule has 0 bridgehead atoms. The smallest absolute Gasteiger partial charge is 0.319 e. The summed E-state index contributed by atoms with van der Waals surface area (Å²) in [5.74, 6) is -0.796. The molecule has 1 atom stereocenters. The van der Waals surface area contributed by atoms with Gasteiger partial charge in [-0.25, -0.2) is 4.79 Å². The fourth-order valence-corrected chi connectivity index (χ4v) is 2.96. The maximum atomic E-state index is 11.9. The largest absolute Gasteiger partial charge is 0.481 e. The minimum atomic E-state index is -0.990. The van der Waals surface area contributed by atoms with E-state index in [1.807, 2.05) is 12.1 Å². The molecule has 1 fully saturated rings. The van der Waals surface area contributed by atoms with Crippen molar-refractivity contribution >= 4 is 28.5 Å². The second kappa shape index (κ2) is 6.71. The molecule has 0 spiro atoms. The third-order valence-electron chi connectivity index (χ3n) is 3.45. The zero-order valence-electron chi connectivity index (χ0n) is 11.7. The minimum absolute atomic E-state index is 0.0985. The number of para-hydroxylation sites is 1. The number of carbonyl (C=O) groups is 2. The fraction of sp³-hybridized carbons (Fsp3) is 0.429. The molecule has 7 heteroatoms. The molecule has 1 aromatic rings. The molecule has 1 aliphatic carbocycles. The van der Waals surface area contributed by atoms with E-state index in [4.69, 9.17) is 5.11 Å². The SMILES string of the molecule is CS(=O)Cc1ccccc1NC(=O)NC1CC(C(=O)O)C1. The summed E-state index contributed by atoms with van der Waals surface area (Å²) in [7, 11) is -0.990. The third-order valence-corrected chi connectivity index (χ3v) is 4.16. The molecule has 114 valence electrons.